The first-order valence-corrected chi connectivity index (χ1v) is 12.6. The van der Waals surface area contributed by atoms with Gasteiger partial charge in [-0.3, -0.25) is 9.79 Å². The van der Waals surface area contributed by atoms with Crippen molar-refractivity contribution in [2.24, 2.45) is 11.5 Å². The highest BCUT2D eigenvalue weighted by atomic mass is 31.2. The second-order valence-electron chi connectivity index (χ2n) is 7.18. The molecule has 0 aromatic rings. The quantitative estimate of drug-likeness (QED) is 0.138. The Morgan fingerprint density at radius 3 is 1.68 bits per heavy atom. The van der Waals surface area contributed by atoms with Crippen molar-refractivity contribution in [2.75, 3.05) is 6.54 Å². The fraction of sp³-hybridized carbons (Fsp3) is 0.905. The van der Waals surface area contributed by atoms with E-state index < -0.39 is 7.91 Å². The van der Waals surface area contributed by atoms with E-state index in [2.05, 4.69) is 32.9 Å². The SMILES string of the molecule is CCC.CCCCCCCC/C=C\CCCCCC(N)CCN.O=P(O)(O)F. The van der Waals surface area contributed by atoms with E-state index in [0.29, 0.717) is 6.04 Å². The summed E-state index contributed by atoms with van der Waals surface area (Å²) in [6.45, 7) is 7.25. The highest BCUT2D eigenvalue weighted by Gasteiger charge is 2.04. The molecule has 172 valence electrons. The van der Waals surface area contributed by atoms with E-state index in [1.165, 1.54) is 77.0 Å². The minimum atomic E-state index is -5.14. The highest BCUT2D eigenvalue weighted by Crippen LogP contribution is 2.35. The van der Waals surface area contributed by atoms with Crippen LogP contribution in [0.2, 0.25) is 0 Å². The van der Waals surface area contributed by atoms with E-state index in [1.807, 2.05) is 0 Å². The maximum absolute atomic E-state index is 10.4. The van der Waals surface area contributed by atoms with E-state index >= 15 is 0 Å². The summed E-state index contributed by atoms with van der Waals surface area (Å²) in [7, 11) is -5.14. The first-order chi connectivity index (χ1) is 13.2. The fourth-order valence-electron chi connectivity index (χ4n) is 2.48. The maximum Gasteiger partial charge on any atom is 0.507 e. The molecule has 0 heterocycles. The number of halogens is 1. The van der Waals surface area contributed by atoms with Crippen molar-refractivity contribution < 1.29 is 18.5 Å². The number of rotatable bonds is 15. The molecule has 1 atom stereocenters. The van der Waals surface area contributed by atoms with Gasteiger partial charge in [-0.05, 0) is 45.1 Å². The molecular formula is C21H48FN2O3P. The Bertz CT molecular complexity index is 344. The van der Waals surface area contributed by atoms with Crippen molar-refractivity contribution in [1.82, 2.24) is 0 Å². The lowest BCUT2D eigenvalue weighted by molar-refractivity contribution is 0.322. The van der Waals surface area contributed by atoms with Crippen LogP contribution in [0, 0.1) is 0 Å². The normalized spacial score (nSPS) is 12.1. The lowest BCUT2D eigenvalue weighted by atomic mass is 10.1. The van der Waals surface area contributed by atoms with Gasteiger partial charge >= 0.3 is 7.91 Å². The molecule has 0 aliphatic carbocycles. The van der Waals surface area contributed by atoms with Crippen LogP contribution in [0.15, 0.2) is 12.2 Å². The lowest BCUT2D eigenvalue weighted by Gasteiger charge is -2.08. The van der Waals surface area contributed by atoms with Crippen LogP contribution in [0.1, 0.15) is 111 Å². The average molecular weight is 427 g/mol. The lowest BCUT2D eigenvalue weighted by Crippen LogP contribution is -2.23. The minimum Gasteiger partial charge on any atom is -0.330 e. The van der Waals surface area contributed by atoms with Crippen molar-refractivity contribution in [3.05, 3.63) is 12.2 Å². The van der Waals surface area contributed by atoms with Crippen molar-refractivity contribution in [3.8, 4) is 0 Å². The zero-order valence-electron chi connectivity index (χ0n) is 18.6. The van der Waals surface area contributed by atoms with Crippen LogP contribution in [0.5, 0.6) is 0 Å². The third-order valence-corrected chi connectivity index (χ3v) is 3.87. The Labute approximate surface area is 173 Å². The summed E-state index contributed by atoms with van der Waals surface area (Å²) in [5.41, 5.74) is 11.4. The molecule has 0 spiro atoms. The van der Waals surface area contributed by atoms with Crippen LogP contribution in [0.3, 0.4) is 0 Å². The van der Waals surface area contributed by atoms with Gasteiger partial charge in [-0.15, -0.1) is 4.20 Å². The molecule has 0 saturated carbocycles. The van der Waals surface area contributed by atoms with E-state index in [9.17, 15) is 4.20 Å². The fourth-order valence-corrected chi connectivity index (χ4v) is 2.48. The summed E-state index contributed by atoms with van der Waals surface area (Å²) in [6, 6.07) is 0.322. The molecule has 0 aromatic carbocycles. The number of unbranched alkanes of at least 4 members (excludes halogenated alkanes) is 9. The van der Waals surface area contributed by atoms with Gasteiger partial charge in [0.2, 0.25) is 0 Å². The van der Waals surface area contributed by atoms with E-state index in [1.54, 1.807) is 0 Å². The summed E-state index contributed by atoms with van der Waals surface area (Å²) in [5.74, 6) is 0. The number of hydrogen-bond acceptors (Lipinski definition) is 3. The Balaban J connectivity index is -0.000000657. The molecule has 0 rings (SSSR count). The van der Waals surface area contributed by atoms with E-state index in [0.717, 1.165) is 19.4 Å². The van der Waals surface area contributed by atoms with Gasteiger partial charge in [0, 0.05) is 6.04 Å². The predicted octanol–water partition coefficient (Wildman–Crippen LogP) is 6.38. The molecule has 0 aliphatic heterocycles. The Morgan fingerprint density at radius 2 is 1.25 bits per heavy atom. The number of allylic oxidation sites excluding steroid dienone is 2. The molecule has 28 heavy (non-hydrogen) atoms. The topological polar surface area (TPSA) is 110 Å². The van der Waals surface area contributed by atoms with Crippen molar-refractivity contribution >= 4 is 7.91 Å². The standard InChI is InChI=1S/C18H38N2.C3H8.FH2O3P/c1-2-3-4-5-6-7-8-9-10-11-12-13-14-15-18(20)16-17-19;1-3-2;1-5(2,3)4/h9-10,18H,2-8,11-17,19-20H2,1H3;3H2,1-2H3;(H2,2,3,4)/b10-9-;;. The Kier molecular flexibility index (Phi) is 30.9. The Hall–Kier alpha value is -0.260. The van der Waals surface area contributed by atoms with E-state index in [-0.39, 0.29) is 0 Å². The van der Waals surface area contributed by atoms with Crippen LogP contribution in [-0.2, 0) is 4.57 Å². The van der Waals surface area contributed by atoms with Crippen molar-refractivity contribution in [1.29, 1.82) is 0 Å². The average Bonchev–Trinajstić information content (AvgIpc) is 2.58. The van der Waals surface area contributed by atoms with Gasteiger partial charge < -0.3 is 11.5 Å². The first kappa shape index (κ1) is 32.4. The summed E-state index contributed by atoms with van der Waals surface area (Å²) in [6.07, 6.45) is 22.9. The van der Waals surface area contributed by atoms with Gasteiger partial charge in [-0.25, -0.2) is 4.57 Å². The Morgan fingerprint density at radius 1 is 0.857 bits per heavy atom. The molecule has 0 amide bonds. The third kappa shape index (κ3) is 50.1. The maximum atomic E-state index is 10.4. The smallest absolute Gasteiger partial charge is 0.330 e. The third-order valence-electron chi connectivity index (χ3n) is 3.87. The van der Waals surface area contributed by atoms with Crippen LogP contribution in [0.25, 0.3) is 0 Å². The van der Waals surface area contributed by atoms with Gasteiger partial charge in [-0.2, -0.15) is 0 Å². The molecule has 6 N–H and O–H groups in total. The number of hydrogen-bond donors (Lipinski definition) is 4. The molecule has 0 saturated heterocycles. The van der Waals surface area contributed by atoms with Crippen molar-refractivity contribution in [3.63, 3.8) is 0 Å². The zero-order chi connectivity index (χ0) is 22.1. The molecular weight excluding hydrogens is 378 g/mol. The molecule has 0 aliphatic rings. The monoisotopic (exact) mass is 426 g/mol. The predicted molar refractivity (Wildman–Crippen MR) is 121 cm³/mol. The zero-order valence-corrected chi connectivity index (χ0v) is 19.5. The van der Waals surface area contributed by atoms with Crippen LogP contribution in [0.4, 0.5) is 4.20 Å². The molecule has 7 heteroatoms. The second-order valence-corrected chi connectivity index (χ2v) is 8.13. The summed E-state index contributed by atoms with van der Waals surface area (Å²) in [4.78, 5) is 13.9. The summed E-state index contributed by atoms with van der Waals surface area (Å²) >= 11 is 0. The molecule has 0 fully saturated rings. The second kappa shape index (κ2) is 26.7. The molecule has 0 bridgehead atoms. The summed E-state index contributed by atoms with van der Waals surface area (Å²) < 4.78 is 19.0. The van der Waals surface area contributed by atoms with Crippen LogP contribution in [-0.4, -0.2) is 22.4 Å². The van der Waals surface area contributed by atoms with Crippen LogP contribution < -0.4 is 11.5 Å². The van der Waals surface area contributed by atoms with Gasteiger partial charge in [0.1, 0.15) is 0 Å². The summed E-state index contributed by atoms with van der Waals surface area (Å²) in [5, 5.41) is 0. The highest BCUT2D eigenvalue weighted by molar-refractivity contribution is 7.45. The molecule has 0 radical (unpaired) electrons. The number of nitrogens with two attached hydrogens (primary N) is 2. The molecule has 1 unspecified atom stereocenters. The van der Waals surface area contributed by atoms with Gasteiger partial charge in [0.25, 0.3) is 0 Å². The van der Waals surface area contributed by atoms with Gasteiger partial charge in [0.15, 0.2) is 0 Å². The van der Waals surface area contributed by atoms with E-state index in [4.69, 9.17) is 25.8 Å². The van der Waals surface area contributed by atoms with Crippen LogP contribution >= 0.6 is 7.91 Å². The first-order valence-electron chi connectivity index (χ1n) is 11.1. The van der Waals surface area contributed by atoms with Crippen molar-refractivity contribution in [2.45, 2.75) is 117 Å². The largest absolute Gasteiger partial charge is 0.507 e. The minimum absolute atomic E-state index is 0.322. The molecule has 0 aromatic heterocycles. The molecule has 5 nitrogen and oxygen atoms in total. The van der Waals surface area contributed by atoms with Gasteiger partial charge in [-0.1, -0.05) is 84.3 Å². The van der Waals surface area contributed by atoms with Gasteiger partial charge in [0.05, 0.1) is 0 Å².